The zero-order valence-electron chi connectivity index (χ0n) is 11.3. The number of nitrogens with one attached hydrogen (secondary N) is 1. The molecule has 0 saturated heterocycles. The summed E-state index contributed by atoms with van der Waals surface area (Å²) in [5, 5.41) is 3.53. The molecule has 0 aromatic heterocycles. The molecule has 0 atom stereocenters. The summed E-state index contributed by atoms with van der Waals surface area (Å²) in [4.78, 5) is 0. The Labute approximate surface area is 109 Å². The van der Waals surface area contributed by atoms with Crippen LogP contribution in [0.1, 0.15) is 31.2 Å². The van der Waals surface area contributed by atoms with Crippen LogP contribution < -0.4 is 10.1 Å². The van der Waals surface area contributed by atoms with Gasteiger partial charge in [0.25, 0.3) is 0 Å². The van der Waals surface area contributed by atoms with Crippen LogP contribution in [-0.2, 0) is 4.74 Å². The summed E-state index contributed by atoms with van der Waals surface area (Å²) in [7, 11) is 1.75. The van der Waals surface area contributed by atoms with Gasteiger partial charge < -0.3 is 14.8 Å². The van der Waals surface area contributed by atoms with Gasteiger partial charge >= 0.3 is 0 Å². The summed E-state index contributed by atoms with van der Waals surface area (Å²) < 4.78 is 10.7. The second-order valence-corrected chi connectivity index (χ2v) is 4.76. The minimum absolute atomic E-state index is 0.639. The van der Waals surface area contributed by atoms with Crippen molar-refractivity contribution in [2.45, 2.75) is 31.7 Å². The number of methoxy groups -OCH3 is 1. The molecule has 3 nitrogen and oxygen atoms in total. The number of para-hydroxylation sites is 1. The van der Waals surface area contributed by atoms with E-state index in [0.29, 0.717) is 12.0 Å². The monoisotopic (exact) mass is 249 g/mol. The summed E-state index contributed by atoms with van der Waals surface area (Å²) in [5.41, 5.74) is 1.35. The normalized spacial score (nSPS) is 22.6. The quantitative estimate of drug-likeness (QED) is 0.753. The lowest BCUT2D eigenvalue weighted by Gasteiger charge is -2.37. The van der Waals surface area contributed by atoms with E-state index < -0.39 is 0 Å². The lowest BCUT2D eigenvalue weighted by Crippen LogP contribution is -2.41. The first-order valence-corrected chi connectivity index (χ1v) is 6.79. The standard InChI is InChI=1S/C15H23NO2/c1-3-18-9-8-16-13-10-12(11-13)14-6-4-5-7-15(14)17-2/h4-7,12-13,16H,3,8-11H2,1-2H3. The summed E-state index contributed by atoms with van der Waals surface area (Å²) in [6, 6.07) is 8.98. The fourth-order valence-corrected chi connectivity index (χ4v) is 2.52. The topological polar surface area (TPSA) is 30.5 Å². The average Bonchev–Trinajstić information content (AvgIpc) is 2.36. The maximum absolute atomic E-state index is 5.41. The van der Waals surface area contributed by atoms with E-state index in [1.807, 2.05) is 19.1 Å². The van der Waals surface area contributed by atoms with Gasteiger partial charge in [-0.2, -0.15) is 0 Å². The lowest BCUT2D eigenvalue weighted by atomic mass is 9.75. The van der Waals surface area contributed by atoms with Gasteiger partial charge in [-0.15, -0.1) is 0 Å². The molecule has 3 heteroatoms. The molecule has 100 valence electrons. The molecule has 0 heterocycles. The molecule has 0 spiro atoms. The van der Waals surface area contributed by atoms with E-state index in [0.717, 1.165) is 25.5 Å². The van der Waals surface area contributed by atoms with E-state index in [9.17, 15) is 0 Å². The molecule has 0 radical (unpaired) electrons. The van der Waals surface area contributed by atoms with Gasteiger partial charge in [0.1, 0.15) is 5.75 Å². The van der Waals surface area contributed by atoms with E-state index in [2.05, 4.69) is 17.4 Å². The summed E-state index contributed by atoms with van der Waals surface area (Å²) >= 11 is 0. The van der Waals surface area contributed by atoms with Crippen molar-refractivity contribution in [3.63, 3.8) is 0 Å². The molecular formula is C15H23NO2. The highest BCUT2D eigenvalue weighted by molar-refractivity contribution is 5.37. The Hall–Kier alpha value is -1.06. The van der Waals surface area contributed by atoms with E-state index in [1.54, 1.807) is 7.11 Å². The van der Waals surface area contributed by atoms with Crippen molar-refractivity contribution in [1.82, 2.24) is 5.32 Å². The van der Waals surface area contributed by atoms with Gasteiger partial charge in [0.15, 0.2) is 0 Å². The van der Waals surface area contributed by atoms with Gasteiger partial charge in [-0.3, -0.25) is 0 Å². The molecule has 1 aliphatic rings. The predicted octanol–water partition coefficient (Wildman–Crippen LogP) is 2.57. The Kier molecular flexibility index (Phi) is 5.02. The van der Waals surface area contributed by atoms with Crippen molar-refractivity contribution in [1.29, 1.82) is 0 Å². The first-order chi connectivity index (χ1) is 8.85. The summed E-state index contributed by atoms with van der Waals surface area (Å²) in [6.07, 6.45) is 2.40. The molecule has 1 fully saturated rings. The minimum Gasteiger partial charge on any atom is -0.496 e. The van der Waals surface area contributed by atoms with Crippen molar-refractivity contribution in [3.8, 4) is 5.75 Å². The molecule has 18 heavy (non-hydrogen) atoms. The van der Waals surface area contributed by atoms with Crippen molar-refractivity contribution >= 4 is 0 Å². The third kappa shape index (κ3) is 3.24. The molecule has 0 amide bonds. The molecule has 0 aliphatic heterocycles. The van der Waals surface area contributed by atoms with Crippen LogP contribution in [0, 0.1) is 0 Å². The van der Waals surface area contributed by atoms with Gasteiger partial charge in [-0.25, -0.2) is 0 Å². The van der Waals surface area contributed by atoms with Crippen LogP contribution in [0.2, 0.25) is 0 Å². The van der Waals surface area contributed by atoms with Crippen molar-refractivity contribution in [3.05, 3.63) is 29.8 Å². The van der Waals surface area contributed by atoms with Crippen LogP contribution in [0.25, 0.3) is 0 Å². The first-order valence-electron chi connectivity index (χ1n) is 6.79. The fourth-order valence-electron chi connectivity index (χ4n) is 2.52. The number of ether oxygens (including phenoxy) is 2. The third-order valence-corrected chi connectivity index (χ3v) is 3.60. The highest BCUT2D eigenvalue weighted by Gasteiger charge is 2.31. The number of hydrogen-bond acceptors (Lipinski definition) is 3. The maximum Gasteiger partial charge on any atom is 0.122 e. The predicted molar refractivity (Wildman–Crippen MR) is 73.3 cm³/mol. The van der Waals surface area contributed by atoms with Crippen LogP contribution in [0.3, 0.4) is 0 Å². The highest BCUT2D eigenvalue weighted by atomic mass is 16.5. The van der Waals surface area contributed by atoms with Gasteiger partial charge in [0.05, 0.1) is 13.7 Å². The van der Waals surface area contributed by atoms with Gasteiger partial charge in [-0.1, -0.05) is 18.2 Å². The van der Waals surface area contributed by atoms with E-state index in [1.165, 1.54) is 18.4 Å². The van der Waals surface area contributed by atoms with Crippen molar-refractivity contribution in [2.24, 2.45) is 0 Å². The Bertz CT molecular complexity index is 361. The van der Waals surface area contributed by atoms with Gasteiger partial charge in [-0.05, 0) is 37.3 Å². The average molecular weight is 249 g/mol. The minimum atomic E-state index is 0.639. The van der Waals surface area contributed by atoms with Crippen molar-refractivity contribution in [2.75, 3.05) is 26.9 Å². The summed E-state index contributed by atoms with van der Waals surface area (Å²) in [6.45, 7) is 4.60. The second-order valence-electron chi connectivity index (χ2n) is 4.76. The summed E-state index contributed by atoms with van der Waals surface area (Å²) in [5.74, 6) is 1.67. The Morgan fingerprint density at radius 2 is 2.06 bits per heavy atom. The SMILES string of the molecule is CCOCCNC1CC(c2ccccc2OC)C1. The Balaban J connectivity index is 1.75. The molecule has 1 aromatic rings. The maximum atomic E-state index is 5.41. The lowest BCUT2D eigenvalue weighted by molar-refractivity contribution is 0.140. The molecule has 0 bridgehead atoms. The van der Waals surface area contributed by atoms with Gasteiger partial charge in [0.2, 0.25) is 0 Å². The molecule has 0 unspecified atom stereocenters. The molecule has 1 aliphatic carbocycles. The van der Waals surface area contributed by atoms with Gasteiger partial charge in [0, 0.05) is 19.2 Å². The van der Waals surface area contributed by atoms with E-state index >= 15 is 0 Å². The highest BCUT2D eigenvalue weighted by Crippen LogP contribution is 2.40. The largest absolute Gasteiger partial charge is 0.496 e. The molecule has 2 rings (SSSR count). The van der Waals surface area contributed by atoms with E-state index in [4.69, 9.17) is 9.47 Å². The zero-order chi connectivity index (χ0) is 12.8. The Morgan fingerprint density at radius 3 is 2.78 bits per heavy atom. The first kappa shape index (κ1) is 13.4. The smallest absolute Gasteiger partial charge is 0.122 e. The second kappa shape index (κ2) is 6.76. The number of benzene rings is 1. The van der Waals surface area contributed by atoms with Crippen LogP contribution >= 0.6 is 0 Å². The number of hydrogen-bond donors (Lipinski definition) is 1. The number of rotatable bonds is 7. The van der Waals surface area contributed by atoms with Crippen LogP contribution in [0.15, 0.2) is 24.3 Å². The molecule has 1 aromatic carbocycles. The molecular weight excluding hydrogens is 226 g/mol. The van der Waals surface area contributed by atoms with Crippen LogP contribution in [0.4, 0.5) is 0 Å². The third-order valence-electron chi connectivity index (χ3n) is 3.60. The van der Waals surface area contributed by atoms with Crippen LogP contribution in [-0.4, -0.2) is 32.9 Å². The van der Waals surface area contributed by atoms with E-state index in [-0.39, 0.29) is 0 Å². The van der Waals surface area contributed by atoms with Crippen LogP contribution in [0.5, 0.6) is 5.75 Å². The molecule has 1 saturated carbocycles. The fraction of sp³-hybridized carbons (Fsp3) is 0.600. The molecule has 1 N–H and O–H groups in total. The Morgan fingerprint density at radius 1 is 1.28 bits per heavy atom. The zero-order valence-corrected chi connectivity index (χ0v) is 11.3. The van der Waals surface area contributed by atoms with Crippen molar-refractivity contribution < 1.29 is 9.47 Å².